The van der Waals surface area contributed by atoms with Gasteiger partial charge in [-0.3, -0.25) is 4.79 Å². The van der Waals surface area contributed by atoms with E-state index in [1.54, 1.807) is 0 Å². The highest BCUT2D eigenvalue weighted by Crippen LogP contribution is 2.26. The van der Waals surface area contributed by atoms with Crippen molar-refractivity contribution >= 4 is 16.8 Å². The van der Waals surface area contributed by atoms with Crippen molar-refractivity contribution < 1.29 is 9.21 Å². The fourth-order valence-electron chi connectivity index (χ4n) is 1.64. The predicted molar refractivity (Wildman–Crippen MR) is 64.7 cm³/mol. The average Bonchev–Trinajstić information content (AvgIpc) is 2.57. The Balaban J connectivity index is 2.52. The van der Waals surface area contributed by atoms with Gasteiger partial charge in [0.25, 0.3) is 0 Å². The Kier molecular flexibility index (Phi) is 2.38. The quantitative estimate of drug-likeness (QED) is 0.675. The van der Waals surface area contributed by atoms with Crippen molar-refractivity contribution in [3.05, 3.63) is 35.6 Å². The van der Waals surface area contributed by atoms with E-state index in [9.17, 15) is 4.79 Å². The SMILES string of the molecule is Cc1ccc2oc(C(=O)C(C)(C)C)cc2c1. The molecule has 0 saturated carbocycles. The fraction of sp³-hybridized carbons (Fsp3) is 0.357. The summed E-state index contributed by atoms with van der Waals surface area (Å²) in [6.07, 6.45) is 0. The van der Waals surface area contributed by atoms with E-state index in [1.807, 2.05) is 52.0 Å². The van der Waals surface area contributed by atoms with E-state index < -0.39 is 5.41 Å². The molecule has 0 N–H and O–H groups in total. The van der Waals surface area contributed by atoms with Crippen LogP contribution in [0, 0.1) is 12.3 Å². The van der Waals surface area contributed by atoms with Crippen molar-refractivity contribution in [1.29, 1.82) is 0 Å². The van der Waals surface area contributed by atoms with Gasteiger partial charge in [-0.05, 0) is 25.1 Å². The molecule has 0 saturated heterocycles. The van der Waals surface area contributed by atoms with E-state index >= 15 is 0 Å². The van der Waals surface area contributed by atoms with Crippen molar-refractivity contribution in [2.45, 2.75) is 27.7 Å². The van der Waals surface area contributed by atoms with Gasteiger partial charge < -0.3 is 4.42 Å². The molecule has 0 atom stereocenters. The zero-order chi connectivity index (χ0) is 11.9. The zero-order valence-electron chi connectivity index (χ0n) is 10.1. The normalized spacial score (nSPS) is 12.0. The lowest BCUT2D eigenvalue weighted by atomic mass is 9.89. The molecule has 1 heterocycles. The van der Waals surface area contributed by atoms with Gasteiger partial charge in [-0.2, -0.15) is 0 Å². The summed E-state index contributed by atoms with van der Waals surface area (Å²) < 4.78 is 5.56. The lowest BCUT2D eigenvalue weighted by Crippen LogP contribution is -2.19. The lowest BCUT2D eigenvalue weighted by molar-refractivity contribution is 0.0831. The summed E-state index contributed by atoms with van der Waals surface area (Å²) in [6.45, 7) is 7.72. The number of hydrogen-bond donors (Lipinski definition) is 0. The van der Waals surface area contributed by atoms with E-state index in [1.165, 1.54) is 5.56 Å². The first-order chi connectivity index (χ1) is 7.38. The monoisotopic (exact) mass is 216 g/mol. The van der Waals surface area contributed by atoms with Crippen LogP contribution >= 0.6 is 0 Å². The fourth-order valence-corrected chi connectivity index (χ4v) is 1.64. The summed E-state index contributed by atoms with van der Waals surface area (Å²) >= 11 is 0. The minimum atomic E-state index is -0.400. The molecule has 1 aromatic heterocycles. The standard InChI is InChI=1S/C14H16O2/c1-9-5-6-11-10(7-9)8-12(16-11)13(15)14(2,3)4/h5-8H,1-4H3. The first kappa shape index (κ1) is 10.9. The van der Waals surface area contributed by atoms with Gasteiger partial charge in [-0.15, -0.1) is 0 Å². The topological polar surface area (TPSA) is 30.2 Å². The number of fused-ring (bicyclic) bond motifs is 1. The number of rotatable bonds is 1. The molecule has 2 aromatic rings. The molecule has 0 amide bonds. The van der Waals surface area contributed by atoms with E-state index in [0.717, 1.165) is 11.0 Å². The summed E-state index contributed by atoms with van der Waals surface area (Å²) in [6, 6.07) is 7.75. The molecular weight excluding hydrogens is 200 g/mol. The van der Waals surface area contributed by atoms with Crippen molar-refractivity contribution in [1.82, 2.24) is 0 Å². The molecule has 0 fully saturated rings. The van der Waals surface area contributed by atoms with Crippen molar-refractivity contribution in [3.63, 3.8) is 0 Å². The van der Waals surface area contributed by atoms with Crippen LogP contribution in [0.3, 0.4) is 0 Å². The first-order valence-corrected chi connectivity index (χ1v) is 5.43. The summed E-state index contributed by atoms with van der Waals surface area (Å²) in [5.41, 5.74) is 1.55. The minimum Gasteiger partial charge on any atom is -0.453 e. The molecule has 2 heteroatoms. The van der Waals surface area contributed by atoms with Crippen LogP contribution < -0.4 is 0 Å². The Bertz CT molecular complexity index is 541. The van der Waals surface area contributed by atoms with E-state index in [4.69, 9.17) is 4.42 Å². The Labute approximate surface area is 95.3 Å². The number of furan rings is 1. The van der Waals surface area contributed by atoms with Crippen LogP contribution in [0.5, 0.6) is 0 Å². The number of ketones is 1. The van der Waals surface area contributed by atoms with Gasteiger partial charge in [0.1, 0.15) is 5.58 Å². The predicted octanol–water partition coefficient (Wildman–Crippen LogP) is 3.97. The molecule has 0 aliphatic heterocycles. The Hall–Kier alpha value is -1.57. The Morgan fingerprint density at radius 2 is 1.88 bits per heavy atom. The maximum absolute atomic E-state index is 12.0. The van der Waals surface area contributed by atoms with Crippen LogP contribution in [0.2, 0.25) is 0 Å². The molecule has 0 spiro atoms. The molecule has 0 unspecified atom stereocenters. The Morgan fingerprint density at radius 1 is 1.19 bits per heavy atom. The number of hydrogen-bond acceptors (Lipinski definition) is 2. The van der Waals surface area contributed by atoms with Crippen LogP contribution in [0.4, 0.5) is 0 Å². The molecule has 0 aliphatic carbocycles. The first-order valence-electron chi connectivity index (χ1n) is 5.43. The summed E-state index contributed by atoms with van der Waals surface area (Å²) in [4.78, 5) is 12.0. The van der Waals surface area contributed by atoms with Gasteiger partial charge in [-0.1, -0.05) is 32.4 Å². The summed E-state index contributed by atoms with van der Waals surface area (Å²) in [5.74, 6) is 0.495. The smallest absolute Gasteiger partial charge is 0.203 e. The van der Waals surface area contributed by atoms with Gasteiger partial charge >= 0.3 is 0 Å². The van der Waals surface area contributed by atoms with E-state index in [0.29, 0.717) is 5.76 Å². The highest BCUT2D eigenvalue weighted by Gasteiger charge is 2.25. The molecule has 1 aromatic carbocycles. The van der Waals surface area contributed by atoms with Crippen molar-refractivity contribution in [2.24, 2.45) is 5.41 Å². The van der Waals surface area contributed by atoms with Crippen LogP contribution in [-0.2, 0) is 0 Å². The van der Waals surface area contributed by atoms with Crippen LogP contribution in [-0.4, -0.2) is 5.78 Å². The summed E-state index contributed by atoms with van der Waals surface area (Å²) in [7, 11) is 0. The van der Waals surface area contributed by atoms with Gasteiger partial charge in [0.05, 0.1) is 0 Å². The second kappa shape index (κ2) is 3.48. The summed E-state index contributed by atoms with van der Waals surface area (Å²) in [5, 5.41) is 0.993. The molecule has 0 aliphatic rings. The Morgan fingerprint density at radius 3 is 2.50 bits per heavy atom. The molecular formula is C14H16O2. The van der Waals surface area contributed by atoms with Crippen molar-refractivity contribution in [2.75, 3.05) is 0 Å². The van der Waals surface area contributed by atoms with Crippen LogP contribution in [0.25, 0.3) is 11.0 Å². The van der Waals surface area contributed by atoms with Crippen molar-refractivity contribution in [3.8, 4) is 0 Å². The molecule has 84 valence electrons. The minimum absolute atomic E-state index is 0.0429. The molecule has 0 radical (unpaired) electrons. The third kappa shape index (κ3) is 1.87. The molecule has 2 rings (SSSR count). The number of carbonyl (C=O) groups is 1. The number of Topliss-reactive ketones (excluding diaryl/α,β-unsaturated/α-hetero) is 1. The number of carbonyl (C=O) groups excluding carboxylic acids is 1. The second-order valence-electron chi connectivity index (χ2n) is 5.23. The molecule has 0 bridgehead atoms. The lowest BCUT2D eigenvalue weighted by Gasteiger charge is -2.13. The maximum atomic E-state index is 12.0. The van der Waals surface area contributed by atoms with E-state index in [-0.39, 0.29) is 5.78 Å². The van der Waals surface area contributed by atoms with Crippen LogP contribution in [0.1, 0.15) is 36.9 Å². The van der Waals surface area contributed by atoms with Gasteiger partial charge in [0.15, 0.2) is 5.76 Å². The molecule has 2 nitrogen and oxygen atoms in total. The maximum Gasteiger partial charge on any atom is 0.203 e. The second-order valence-corrected chi connectivity index (χ2v) is 5.23. The third-order valence-corrected chi connectivity index (χ3v) is 2.58. The number of benzene rings is 1. The van der Waals surface area contributed by atoms with Gasteiger partial charge in [-0.25, -0.2) is 0 Å². The van der Waals surface area contributed by atoms with Gasteiger partial charge in [0, 0.05) is 10.8 Å². The largest absolute Gasteiger partial charge is 0.453 e. The van der Waals surface area contributed by atoms with Gasteiger partial charge in [0.2, 0.25) is 5.78 Å². The molecule has 16 heavy (non-hydrogen) atoms. The number of aryl methyl sites for hydroxylation is 1. The average molecular weight is 216 g/mol. The van der Waals surface area contributed by atoms with Crippen LogP contribution in [0.15, 0.2) is 28.7 Å². The van der Waals surface area contributed by atoms with E-state index in [2.05, 4.69) is 0 Å². The highest BCUT2D eigenvalue weighted by molar-refractivity contribution is 6.00. The third-order valence-electron chi connectivity index (χ3n) is 2.58. The highest BCUT2D eigenvalue weighted by atomic mass is 16.3. The zero-order valence-corrected chi connectivity index (χ0v) is 10.1.